The van der Waals surface area contributed by atoms with Gasteiger partial charge in [0.1, 0.15) is 0 Å². The minimum absolute atomic E-state index is 0.0647. The van der Waals surface area contributed by atoms with E-state index < -0.39 is 33.5 Å². The molecule has 9 heteroatoms. The van der Waals surface area contributed by atoms with Crippen LogP contribution in [-0.2, 0) is 28.0 Å². The van der Waals surface area contributed by atoms with E-state index in [1.54, 1.807) is 24.3 Å². The third-order valence-corrected chi connectivity index (χ3v) is 7.99. The van der Waals surface area contributed by atoms with Gasteiger partial charge in [0.15, 0.2) is 0 Å². The Hall–Kier alpha value is -3.85. The van der Waals surface area contributed by atoms with E-state index in [-0.39, 0.29) is 28.6 Å². The van der Waals surface area contributed by atoms with Gasteiger partial charge in [-0.25, -0.2) is 17.2 Å². The van der Waals surface area contributed by atoms with Crippen LogP contribution in [-0.4, -0.2) is 29.2 Å². The molecule has 3 aromatic carbocycles. The third-order valence-electron chi connectivity index (χ3n) is 6.39. The van der Waals surface area contributed by atoms with Crippen LogP contribution >= 0.6 is 0 Å². The van der Waals surface area contributed by atoms with E-state index in [1.165, 1.54) is 24.3 Å². The number of aromatic carboxylic acids is 1. The van der Waals surface area contributed by atoms with Crippen LogP contribution in [0.4, 0.5) is 13.2 Å². The largest absolute Gasteiger partial charge is 0.478 e. The molecule has 0 saturated heterocycles. The number of carbonyl (C=O) groups is 1. The van der Waals surface area contributed by atoms with Crippen molar-refractivity contribution in [2.45, 2.75) is 38.8 Å². The van der Waals surface area contributed by atoms with Gasteiger partial charge >= 0.3 is 12.1 Å². The van der Waals surface area contributed by atoms with Gasteiger partial charge in [-0.3, -0.25) is 0 Å². The summed E-state index contributed by atoms with van der Waals surface area (Å²) < 4.78 is 68.6. The number of rotatable bonds is 7. The standard InChI is InChI=1S/C30H28F3NO4S/c1-29(2,3)24-8-4-6-20(16-24)7-5-15-39(37,38)34-26(17-21-9-11-22(12-10-21)28(35)36)18-23-13-14-25(19-27(23)34)30(31,32)33/h4-14,16,18-19H,15,17H2,1-3H3,(H,35,36). The van der Waals surface area contributed by atoms with Crippen LogP contribution in [0.3, 0.4) is 0 Å². The summed E-state index contributed by atoms with van der Waals surface area (Å²) in [5.41, 5.74) is 1.76. The molecule has 0 unspecified atom stereocenters. The smallest absolute Gasteiger partial charge is 0.416 e. The minimum Gasteiger partial charge on any atom is -0.478 e. The van der Waals surface area contributed by atoms with E-state index in [4.69, 9.17) is 5.11 Å². The predicted molar refractivity (Wildman–Crippen MR) is 147 cm³/mol. The highest BCUT2D eigenvalue weighted by atomic mass is 32.2. The maximum Gasteiger partial charge on any atom is 0.416 e. The Morgan fingerprint density at radius 2 is 1.62 bits per heavy atom. The Kier molecular flexibility index (Phi) is 7.49. The molecule has 4 aromatic rings. The fourth-order valence-corrected chi connectivity index (χ4v) is 5.75. The number of carboxylic acid groups (broad SMARTS) is 1. The zero-order valence-corrected chi connectivity index (χ0v) is 22.5. The van der Waals surface area contributed by atoms with Crippen molar-refractivity contribution in [2.24, 2.45) is 0 Å². The molecular formula is C30H28F3NO4S. The maximum atomic E-state index is 13.6. The molecule has 4 rings (SSSR count). The average Bonchev–Trinajstić information content (AvgIpc) is 3.21. The number of alkyl halides is 3. The quantitative estimate of drug-likeness (QED) is 0.263. The zero-order chi connectivity index (χ0) is 28.6. The second-order valence-corrected chi connectivity index (χ2v) is 12.3. The molecule has 0 fully saturated rings. The molecule has 0 bridgehead atoms. The molecule has 0 atom stereocenters. The van der Waals surface area contributed by atoms with Crippen LogP contribution in [0.15, 0.2) is 78.9 Å². The Morgan fingerprint density at radius 1 is 0.923 bits per heavy atom. The Balaban J connectivity index is 1.74. The number of carboxylic acids is 1. The number of benzene rings is 3. The SMILES string of the molecule is CC(C)(C)c1cccc(C=CCS(=O)(=O)n2c(Cc3ccc(C(=O)O)cc3)cc3ccc(C(F)(F)F)cc32)c1. The van der Waals surface area contributed by atoms with Crippen LogP contribution in [0.2, 0.25) is 0 Å². The fraction of sp³-hybridized carbons (Fsp3) is 0.233. The van der Waals surface area contributed by atoms with Gasteiger partial charge in [0, 0.05) is 17.5 Å². The van der Waals surface area contributed by atoms with Gasteiger partial charge in [-0.2, -0.15) is 13.2 Å². The third kappa shape index (κ3) is 6.42. The van der Waals surface area contributed by atoms with Gasteiger partial charge < -0.3 is 5.11 Å². The van der Waals surface area contributed by atoms with E-state index in [2.05, 4.69) is 20.8 Å². The number of nitrogens with zero attached hydrogens (tertiary/aromatic N) is 1. The zero-order valence-electron chi connectivity index (χ0n) is 21.7. The van der Waals surface area contributed by atoms with Crippen molar-refractivity contribution in [3.8, 4) is 0 Å². The first-order valence-electron chi connectivity index (χ1n) is 12.2. The van der Waals surface area contributed by atoms with Crippen LogP contribution in [0.5, 0.6) is 0 Å². The Morgan fingerprint density at radius 3 is 2.23 bits per heavy atom. The van der Waals surface area contributed by atoms with Crippen molar-refractivity contribution in [1.29, 1.82) is 0 Å². The lowest BCUT2D eigenvalue weighted by Crippen LogP contribution is -2.18. The van der Waals surface area contributed by atoms with Gasteiger partial charge in [0.2, 0.25) is 10.0 Å². The van der Waals surface area contributed by atoms with Gasteiger partial charge in [0.05, 0.1) is 22.4 Å². The summed E-state index contributed by atoms with van der Waals surface area (Å²) in [4.78, 5) is 11.2. The molecule has 0 radical (unpaired) electrons. The Labute approximate surface area is 225 Å². The molecule has 204 valence electrons. The maximum absolute atomic E-state index is 13.6. The lowest BCUT2D eigenvalue weighted by atomic mass is 9.86. The summed E-state index contributed by atoms with van der Waals surface area (Å²) in [6.07, 6.45) is -1.39. The van der Waals surface area contributed by atoms with Crippen molar-refractivity contribution in [3.05, 3.63) is 112 Å². The van der Waals surface area contributed by atoms with E-state index in [0.717, 1.165) is 27.2 Å². The van der Waals surface area contributed by atoms with E-state index in [0.29, 0.717) is 10.9 Å². The topological polar surface area (TPSA) is 76.4 Å². The number of hydrogen-bond acceptors (Lipinski definition) is 3. The summed E-state index contributed by atoms with van der Waals surface area (Å²) in [5.74, 6) is -1.53. The van der Waals surface area contributed by atoms with Gasteiger partial charge in [-0.05, 0) is 52.4 Å². The molecular weight excluding hydrogens is 527 g/mol. The molecule has 1 aromatic heterocycles. The number of aromatic nitrogens is 1. The van der Waals surface area contributed by atoms with Crippen LogP contribution in [0, 0.1) is 0 Å². The van der Waals surface area contributed by atoms with Crippen LogP contribution in [0.25, 0.3) is 17.0 Å². The number of fused-ring (bicyclic) bond motifs is 1. The summed E-state index contributed by atoms with van der Waals surface area (Å²) >= 11 is 0. The second-order valence-electron chi connectivity index (χ2n) is 10.4. The molecule has 0 aliphatic rings. The van der Waals surface area contributed by atoms with Crippen molar-refractivity contribution in [1.82, 2.24) is 3.97 Å². The lowest BCUT2D eigenvalue weighted by Gasteiger charge is -2.19. The highest BCUT2D eigenvalue weighted by Gasteiger charge is 2.32. The summed E-state index contributed by atoms with van der Waals surface area (Å²) in [5, 5.41) is 9.49. The minimum atomic E-state index is -4.64. The predicted octanol–water partition coefficient (Wildman–Crippen LogP) is 7.14. The van der Waals surface area contributed by atoms with Gasteiger partial charge in [-0.1, -0.05) is 75.4 Å². The molecule has 0 aliphatic carbocycles. The van der Waals surface area contributed by atoms with Gasteiger partial charge in [0.25, 0.3) is 0 Å². The molecule has 5 nitrogen and oxygen atoms in total. The molecule has 0 saturated carbocycles. The first kappa shape index (κ1) is 28.2. The number of hydrogen-bond donors (Lipinski definition) is 1. The van der Waals surface area contributed by atoms with Crippen molar-refractivity contribution < 1.29 is 31.5 Å². The fourth-order valence-electron chi connectivity index (χ4n) is 4.33. The van der Waals surface area contributed by atoms with Crippen LogP contribution < -0.4 is 0 Å². The molecule has 0 amide bonds. The van der Waals surface area contributed by atoms with E-state index >= 15 is 0 Å². The molecule has 0 spiro atoms. The summed E-state index contributed by atoms with van der Waals surface area (Å²) in [7, 11) is -4.12. The monoisotopic (exact) mass is 555 g/mol. The van der Waals surface area contributed by atoms with Crippen molar-refractivity contribution in [3.63, 3.8) is 0 Å². The van der Waals surface area contributed by atoms with E-state index in [1.807, 2.05) is 24.3 Å². The first-order valence-corrected chi connectivity index (χ1v) is 13.8. The van der Waals surface area contributed by atoms with Crippen molar-refractivity contribution in [2.75, 3.05) is 5.75 Å². The molecule has 0 aliphatic heterocycles. The summed E-state index contributed by atoms with van der Waals surface area (Å²) in [6.45, 7) is 6.22. The highest BCUT2D eigenvalue weighted by Crippen LogP contribution is 2.34. The molecule has 39 heavy (non-hydrogen) atoms. The van der Waals surface area contributed by atoms with Crippen molar-refractivity contribution >= 4 is 33.0 Å². The second kappa shape index (κ2) is 10.4. The normalized spacial score (nSPS) is 12.9. The lowest BCUT2D eigenvalue weighted by molar-refractivity contribution is -0.137. The number of halogens is 3. The molecule has 1 N–H and O–H groups in total. The van der Waals surface area contributed by atoms with Crippen LogP contribution in [0.1, 0.15) is 59.1 Å². The van der Waals surface area contributed by atoms with E-state index in [9.17, 15) is 26.4 Å². The summed E-state index contributed by atoms with van der Waals surface area (Å²) in [6, 6.07) is 18.2. The van der Waals surface area contributed by atoms with Gasteiger partial charge in [-0.15, -0.1) is 0 Å². The highest BCUT2D eigenvalue weighted by molar-refractivity contribution is 7.90. The Bertz CT molecular complexity index is 1660. The average molecular weight is 556 g/mol. The molecule has 1 heterocycles. The first-order chi connectivity index (χ1) is 18.1.